The molecule has 0 amide bonds. The van der Waals surface area contributed by atoms with Gasteiger partial charge in [-0.15, -0.1) is 0 Å². The van der Waals surface area contributed by atoms with E-state index in [0.29, 0.717) is 5.82 Å². The van der Waals surface area contributed by atoms with Gasteiger partial charge < -0.3 is 4.52 Å². The summed E-state index contributed by atoms with van der Waals surface area (Å²) in [5, 5.41) is 4.74. The van der Waals surface area contributed by atoms with Crippen molar-refractivity contribution in [2.24, 2.45) is 0 Å². The molecule has 0 aliphatic rings. The smallest absolute Gasteiger partial charge is 0.244 e. The van der Waals surface area contributed by atoms with E-state index >= 15 is 0 Å². The fourth-order valence-electron chi connectivity index (χ4n) is 1.56. The van der Waals surface area contributed by atoms with Crippen LogP contribution in [0, 0.1) is 6.92 Å². The van der Waals surface area contributed by atoms with Gasteiger partial charge in [-0.3, -0.25) is 0 Å². The molecule has 1 aromatic carbocycles. The highest BCUT2D eigenvalue weighted by Crippen LogP contribution is 2.11. The van der Waals surface area contributed by atoms with E-state index in [1.165, 1.54) is 6.08 Å². The Morgan fingerprint density at radius 1 is 1.30 bits per heavy atom. The Morgan fingerprint density at radius 2 is 2.00 bits per heavy atom. The first-order valence-electron chi connectivity index (χ1n) is 6.02. The van der Waals surface area contributed by atoms with Crippen LogP contribution in [0.3, 0.4) is 0 Å². The highest BCUT2D eigenvalue weighted by atomic mass is 32.2. The van der Waals surface area contributed by atoms with Crippen LogP contribution < -0.4 is 4.72 Å². The number of benzene rings is 1. The first-order chi connectivity index (χ1) is 9.46. The van der Waals surface area contributed by atoms with Crippen LogP contribution in [0.4, 0.5) is 0 Å². The molecule has 1 heterocycles. The van der Waals surface area contributed by atoms with Gasteiger partial charge in [0.1, 0.15) is 0 Å². The topological polar surface area (TPSA) is 85.1 Å². The molecule has 0 saturated heterocycles. The van der Waals surface area contributed by atoms with Gasteiger partial charge in [-0.2, -0.15) is 9.71 Å². The number of rotatable bonds is 5. The van der Waals surface area contributed by atoms with Crippen molar-refractivity contribution in [2.45, 2.75) is 19.9 Å². The predicted octanol–water partition coefficient (Wildman–Crippen LogP) is 2.03. The molecule has 1 atom stereocenters. The van der Waals surface area contributed by atoms with Crippen LogP contribution in [0.25, 0.3) is 6.08 Å². The van der Waals surface area contributed by atoms with E-state index in [9.17, 15) is 8.42 Å². The lowest BCUT2D eigenvalue weighted by molar-refractivity contribution is 0.351. The van der Waals surface area contributed by atoms with Crippen molar-refractivity contribution in [3.63, 3.8) is 0 Å². The number of nitrogens with zero attached hydrogens (tertiary/aromatic N) is 2. The maximum atomic E-state index is 11.9. The zero-order chi connectivity index (χ0) is 14.6. The highest BCUT2D eigenvalue weighted by molar-refractivity contribution is 7.92. The van der Waals surface area contributed by atoms with Crippen LogP contribution in [-0.2, 0) is 10.0 Å². The average molecular weight is 293 g/mol. The summed E-state index contributed by atoms with van der Waals surface area (Å²) in [6.45, 7) is 3.31. The monoisotopic (exact) mass is 293 g/mol. The van der Waals surface area contributed by atoms with Gasteiger partial charge in [0.05, 0.1) is 6.04 Å². The molecule has 1 N–H and O–H groups in total. The fourth-order valence-corrected chi connectivity index (χ4v) is 2.57. The van der Waals surface area contributed by atoms with Crippen molar-refractivity contribution >= 4 is 16.1 Å². The molecule has 7 heteroatoms. The summed E-state index contributed by atoms with van der Waals surface area (Å²) in [4.78, 5) is 3.98. The minimum absolute atomic E-state index is 0.235. The molecule has 0 aliphatic carbocycles. The Morgan fingerprint density at radius 3 is 2.60 bits per heavy atom. The molecular weight excluding hydrogens is 278 g/mol. The standard InChI is InChI=1S/C13H15N3O3S/c1-10(13-14-11(2)15-19-13)16-20(17,18)9-8-12-6-4-3-5-7-12/h3-10,16H,1-2H3. The van der Waals surface area contributed by atoms with Gasteiger partial charge in [-0.25, -0.2) is 8.42 Å². The molecule has 0 fully saturated rings. The van der Waals surface area contributed by atoms with Crippen molar-refractivity contribution in [3.05, 3.63) is 53.0 Å². The van der Waals surface area contributed by atoms with Crippen LogP contribution in [0.15, 0.2) is 40.3 Å². The molecular formula is C13H15N3O3S. The fraction of sp³-hybridized carbons (Fsp3) is 0.231. The second-order valence-corrected chi connectivity index (χ2v) is 5.88. The lowest BCUT2D eigenvalue weighted by Crippen LogP contribution is -2.25. The van der Waals surface area contributed by atoms with Gasteiger partial charge in [-0.05, 0) is 25.5 Å². The molecule has 106 valence electrons. The number of nitrogens with one attached hydrogen (secondary N) is 1. The Hall–Kier alpha value is -1.99. The summed E-state index contributed by atoms with van der Waals surface area (Å²) in [7, 11) is -3.58. The van der Waals surface area contributed by atoms with Crippen LogP contribution in [0.2, 0.25) is 0 Å². The quantitative estimate of drug-likeness (QED) is 0.911. The van der Waals surface area contributed by atoms with E-state index in [4.69, 9.17) is 4.52 Å². The van der Waals surface area contributed by atoms with Crippen LogP contribution in [0.5, 0.6) is 0 Å². The Balaban J connectivity index is 2.06. The zero-order valence-corrected chi connectivity index (χ0v) is 12.0. The lowest BCUT2D eigenvalue weighted by Gasteiger charge is -2.07. The van der Waals surface area contributed by atoms with E-state index in [0.717, 1.165) is 11.0 Å². The van der Waals surface area contributed by atoms with E-state index in [1.807, 2.05) is 30.3 Å². The van der Waals surface area contributed by atoms with Crippen LogP contribution in [-0.4, -0.2) is 18.6 Å². The molecule has 0 saturated carbocycles. The number of sulfonamides is 1. The highest BCUT2D eigenvalue weighted by Gasteiger charge is 2.18. The molecule has 2 aromatic rings. The maximum absolute atomic E-state index is 11.9. The molecule has 0 aliphatic heterocycles. The Bertz CT molecular complexity index is 693. The number of hydrogen-bond donors (Lipinski definition) is 1. The SMILES string of the molecule is Cc1noc(C(C)NS(=O)(=O)C=Cc2ccccc2)n1. The zero-order valence-electron chi connectivity index (χ0n) is 11.1. The van der Waals surface area contributed by atoms with Gasteiger partial charge in [0.2, 0.25) is 15.9 Å². The molecule has 0 bridgehead atoms. The van der Waals surface area contributed by atoms with Gasteiger partial charge in [0.25, 0.3) is 0 Å². The van der Waals surface area contributed by atoms with Crippen molar-refractivity contribution < 1.29 is 12.9 Å². The minimum atomic E-state index is -3.58. The number of hydrogen-bond acceptors (Lipinski definition) is 5. The van der Waals surface area contributed by atoms with Crippen molar-refractivity contribution in [2.75, 3.05) is 0 Å². The number of aryl methyl sites for hydroxylation is 1. The van der Waals surface area contributed by atoms with Gasteiger partial charge in [-0.1, -0.05) is 35.5 Å². The summed E-state index contributed by atoms with van der Waals surface area (Å²) < 4.78 is 31.2. The summed E-state index contributed by atoms with van der Waals surface area (Å²) in [6, 6.07) is 8.59. The molecule has 0 radical (unpaired) electrons. The van der Waals surface area contributed by atoms with Crippen LogP contribution >= 0.6 is 0 Å². The second-order valence-electron chi connectivity index (χ2n) is 4.28. The number of aromatic nitrogens is 2. The molecule has 6 nitrogen and oxygen atoms in total. The normalized spacial score (nSPS) is 13.7. The third-order valence-electron chi connectivity index (χ3n) is 2.49. The predicted molar refractivity (Wildman–Crippen MR) is 75.0 cm³/mol. The maximum Gasteiger partial charge on any atom is 0.244 e. The minimum Gasteiger partial charge on any atom is -0.338 e. The van der Waals surface area contributed by atoms with E-state index < -0.39 is 16.1 Å². The molecule has 1 aromatic heterocycles. The third-order valence-corrected chi connectivity index (χ3v) is 3.67. The largest absolute Gasteiger partial charge is 0.338 e. The first kappa shape index (κ1) is 14.4. The van der Waals surface area contributed by atoms with Crippen LogP contribution in [0.1, 0.15) is 30.2 Å². The third kappa shape index (κ3) is 4.01. The summed E-state index contributed by atoms with van der Waals surface area (Å²) in [5.74, 6) is 0.699. The molecule has 2 rings (SSSR count). The van der Waals surface area contributed by atoms with Crippen molar-refractivity contribution in [3.8, 4) is 0 Å². The van der Waals surface area contributed by atoms with Gasteiger partial charge in [0.15, 0.2) is 5.82 Å². The summed E-state index contributed by atoms with van der Waals surface area (Å²) >= 11 is 0. The van der Waals surface area contributed by atoms with Gasteiger partial charge in [0, 0.05) is 5.41 Å². The van der Waals surface area contributed by atoms with E-state index in [-0.39, 0.29) is 5.89 Å². The molecule has 20 heavy (non-hydrogen) atoms. The Labute approximate surface area is 117 Å². The van der Waals surface area contributed by atoms with E-state index in [1.54, 1.807) is 13.8 Å². The second kappa shape index (κ2) is 5.98. The van der Waals surface area contributed by atoms with Gasteiger partial charge >= 0.3 is 0 Å². The van der Waals surface area contributed by atoms with E-state index in [2.05, 4.69) is 14.9 Å². The average Bonchev–Trinajstić information content (AvgIpc) is 2.84. The summed E-state index contributed by atoms with van der Waals surface area (Å²) in [5.41, 5.74) is 0.805. The molecule has 1 unspecified atom stereocenters. The Kier molecular flexibility index (Phi) is 4.31. The first-order valence-corrected chi connectivity index (χ1v) is 7.56. The lowest BCUT2D eigenvalue weighted by atomic mass is 10.2. The van der Waals surface area contributed by atoms with Crippen molar-refractivity contribution in [1.82, 2.24) is 14.9 Å². The summed E-state index contributed by atoms with van der Waals surface area (Å²) in [6.07, 6.45) is 1.52. The molecule has 0 spiro atoms. The van der Waals surface area contributed by atoms with Crippen molar-refractivity contribution in [1.29, 1.82) is 0 Å².